The number of aryl methyl sites for hydroxylation is 1. The van der Waals surface area contributed by atoms with Gasteiger partial charge in [-0.2, -0.15) is 0 Å². The van der Waals surface area contributed by atoms with Crippen molar-refractivity contribution < 1.29 is 4.74 Å². The zero-order chi connectivity index (χ0) is 12.8. The third kappa shape index (κ3) is 2.06. The summed E-state index contributed by atoms with van der Waals surface area (Å²) in [6.45, 7) is 11.0. The van der Waals surface area contributed by atoms with E-state index in [0.717, 1.165) is 5.75 Å². The first-order valence-corrected chi connectivity index (χ1v) is 6.33. The lowest BCUT2D eigenvalue weighted by Gasteiger charge is -2.22. The number of benzene rings is 1. The van der Waals surface area contributed by atoms with Gasteiger partial charge in [0.1, 0.15) is 11.9 Å². The van der Waals surface area contributed by atoms with Crippen molar-refractivity contribution in [2.45, 2.75) is 52.2 Å². The molecule has 0 amide bonds. The number of ether oxygens (including phenoxy) is 1. The first-order valence-electron chi connectivity index (χ1n) is 6.33. The third-order valence-electron chi connectivity index (χ3n) is 3.49. The summed E-state index contributed by atoms with van der Waals surface area (Å²) in [7, 11) is 2.00. The maximum absolute atomic E-state index is 6.06. The molecule has 2 rings (SSSR count). The Morgan fingerprint density at radius 3 is 2.41 bits per heavy atom. The van der Waals surface area contributed by atoms with Crippen LogP contribution in [-0.4, -0.2) is 13.2 Å². The molecule has 0 saturated carbocycles. The van der Waals surface area contributed by atoms with Gasteiger partial charge < -0.3 is 10.1 Å². The molecule has 2 heteroatoms. The highest BCUT2D eigenvalue weighted by Gasteiger charge is 2.34. The van der Waals surface area contributed by atoms with Crippen LogP contribution in [0.2, 0.25) is 0 Å². The fourth-order valence-corrected chi connectivity index (χ4v) is 2.62. The Balaban J connectivity index is 2.60. The summed E-state index contributed by atoms with van der Waals surface area (Å²) < 4.78 is 6.06. The van der Waals surface area contributed by atoms with Crippen molar-refractivity contribution >= 4 is 0 Å². The van der Waals surface area contributed by atoms with Crippen LogP contribution < -0.4 is 10.1 Å². The predicted molar refractivity (Wildman–Crippen MR) is 71.8 cm³/mol. The van der Waals surface area contributed by atoms with E-state index < -0.39 is 0 Å². The first-order chi connectivity index (χ1) is 7.84. The van der Waals surface area contributed by atoms with Crippen LogP contribution in [0.25, 0.3) is 0 Å². The van der Waals surface area contributed by atoms with Gasteiger partial charge in [-0.05, 0) is 26.3 Å². The fraction of sp³-hybridized carbons (Fsp3) is 0.600. The van der Waals surface area contributed by atoms with E-state index in [2.05, 4.69) is 52.1 Å². The van der Waals surface area contributed by atoms with E-state index in [1.54, 1.807) is 0 Å². The zero-order valence-electron chi connectivity index (χ0n) is 11.7. The van der Waals surface area contributed by atoms with Gasteiger partial charge in [0.15, 0.2) is 0 Å². The lowest BCUT2D eigenvalue weighted by molar-refractivity contribution is 0.211. The van der Waals surface area contributed by atoms with Gasteiger partial charge in [-0.25, -0.2) is 0 Å². The highest BCUT2D eigenvalue weighted by molar-refractivity contribution is 5.52. The van der Waals surface area contributed by atoms with Crippen LogP contribution in [0, 0.1) is 6.92 Å². The Labute approximate surface area is 104 Å². The van der Waals surface area contributed by atoms with Gasteiger partial charge in [-0.15, -0.1) is 0 Å². The van der Waals surface area contributed by atoms with E-state index in [9.17, 15) is 0 Å². The maximum Gasteiger partial charge on any atom is 0.128 e. The van der Waals surface area contributed by atoms with Crippen LogP contribution >= 0.6 is 0 Å². The van der Waals surface area contributed by atoms with Crippen LogP contribution in [0.15, 0.2) is 12.1 Å². The maximum atomic E-state index is 6.06. The van der Waals surface area contributed by atoms with Crippen molar-refractivity contribution in [2.24, 2.45) is 0 Å². The molecule has 0 fully saturated rings. The van der Waals surface area contributed by atoms with Crippen LogP contribution in [0.3, 0.4) is 0 Å². The second-order valence-corrected chi connectivity index (χ2v) is 6.07. The van der Waals surface area contributed by atoms with Crippen molar-refractivity contribution in [2.75, 3.05) is 7.05 Å². The van der Waals surface area contributed by atoms with Crippen molar-refractivity contribution in [3.8, 4) is 5.75 Å². The van der Waals surface area contributed by atoms with Crippen LogP contribution in [0.5, 0.6) is 5.75 Å². The molecule has 0 radical (unpaired) electrons. The predicted octanol–water partition coefficient (Wildman–Crippen LogP) is 3.33. The Hall–Kier alpha value is -1.02. The lowest BCUT2D eigenvalue weighted by Crippen LogP contribution is -2.25. The molecule has 0 aromatic heterocycles. The number of fused-ring (bicyclic) bond motifs is 1. The quantitative estimate of drug-likeness (QED) is 0.803. The van der Waals surface area contributed by atoms with Gasteiger partial charge in [-0.1, -0.05) is 38.5 Å². The first kappa shape index (κ1) is 12.4. The molecular weight excluding hydrogens is 210 g/mol. The topological polar surface area (TPSA) is 21.3 Å². The minimum absolute atomic E-state index is 0.123. The Morgan fingerprint density at radius 1 is 1.24 bits per heavy atom. The minimum Gasteiger partial charge on any atom is -0.488 e. The summed E-state index contributed by atoms with van der Waals surface area (Å²) >= 11 is 0. The standard InChI is InChI=1S/C15H23NO/c1-9-7-11-13(16-6)10(2)17-14(11)12(8-9)15(3,4)5/h7-8,10,13,16H,1-6H3. The fourth-order valence-electron chi connectivity index (χ4n) is 2.62. The third-order valence-corrected chi connectivity index (χ3v) is 3.49. The normalized spacial score (nSPS) is 23.4. The van der Waals surface area contributed by atoms with E-state index in [-0.39, 0.29) is 11.5 Å². The molecular formula is C15H23NO. The molecule has 1 aromatic carbocycles. The summed E-state index contributed by atoms with van der Waals surface area (Å²) in [4.78, 5) is 0. The van der Waals surface area contributed by atoms with E-state index in [4.69, 9.17) is 4.74 Å². The second kappa shape index (κ2) is 4.02. The molecule has 0 aliphatic carbocycles. The van der Waals surface area contributed by atoms with E-state index in [1.807, 2.05) is 7.05 Å². The molecule has 2 atom stereocenters. The van der Waals surface area contributed by atoms with Crippen LogP contribution in [-0.2, 0) is 5.41 Å². The van der Waals surface area contributed by atoms with Gasteiger partial charge in [0.2, 0.25) is 0 Å². The minimum atomic E-state index is 0.123. The van der Waals surface area contributed by atoms with E-state index in [1.165, 1.54) is 16.7 Å². The smallest absolute Gasteiger partial charge is 0.128 e. The number of hydrogen-bond acceptors (Lipinski definition) is 2. The average Bonchev–Trinajstić information content (AvgIpc) is 2.50. The van der Waals surface area contributed by atoms with Crippen molar-refractivity contribution in [3.05, 3.63) is 28.8 Å². The average molecular weight is 233 g/mol. The molecule has 94 valence electrons. The number of nitrogens with one attached hydrogen (secondary N) is 1. The monoisotopic (exact) mass is 233 g/mol. The second-order valence-electron chi connectivity index (χ2n) is 6.07. The van der Waals surface area contributed by atoms with Crippen molar-refractivity contribution in [3.63, 3.8) is 0 Å². The largest absolute Gasteiger partial charge is 0.488 e. The number of hydrogen-bond donors (Lipinski definition) is 1. The number of rotatable bonds is 1. The summed E-state index contributed by atoms with van der Waals surface area (Å²) in [5.41, 5.74) is 4.06. The molecule has 0 bridgehead atoms. The van der Waals surface area contributed by atoms with E-state index in [0.29, 0.717) is 6.04 Å². The molecule has 17 heavy (non-hydrogen) atoms. The molecule has 0 spiro atoms. The molecule has 1 aliphatic rings. The van der Waals surface area contributed by atoms with Gasteiger partial charge in [-0.3, -0.25) is 0 Å². The zero-order valence-corrected chi connectivity index (χ0v) is 11.7. The Morgan fingerprint density at radius 2 is 1.88 bits per heavy atom. The van der Waals surface area contributed by atoms with E-state index >= 15 is 0 Å². The number of likely N-dealkylation sites (N-methyl/N-ethyl adjacent to an activating group) is 1. The highest BCUT2D eigenvalue weighted by Crippen LogP contribution is 2.44. The van der Waals surface area contributed by atoms with Crippen molar-refractivity contribution in [1.82, 2.24) is 5.32 Å². The highest BCUT2D eigenvalue weighted by atomic mass is 16.5. The summed E-state index contributed by atoms with van der Waals surface area (Å²) in [5.74, 6) is 1.09. The van der Waals surface area contributed by atoms with Gasteiger partial charge >= 0.3 is 0 Å². The van der Waals surface area contributed by atoms with Gasteiger partial charge in [0.05, 0.1) is 6.04 Å². The van der Waals surface area contributed by atoms with Crippen molar-refractivity contribution in [1.29, 1.82) is 0 Å². The molecule has 2 unspecified atom stereocenters. The summed E-state index contributed by atoms with van der Waals surface area (Å²) in [6, 6.07) is 4.81. The van der Waals surface area contributed by atoms with Crippen LogP contribution in [0.1, 0.15) is 50.4 Å². The van der Waals surface area contributed by atoms with Gasteiger partial charge in [0, 0.05) is 11.1 Å². The summed E-state index contributed by atoms with van der Waals surface area (Å²) in [5, 5.41) is 3.35. The SMILES string of the molecule is CNC1c2cc(C)cc(C(C)(C)C)c2OC1C. The molecule has 1 N–H and O–H groups in total. The van der Waals surface area contributed by atoms with Crippen LogP contribution in [0.4, 0.5) is 0 Å². The van der Waals surface area contributed by atoms with Gasteiger partial charge in [0.25, 0.3) is 0 Å². The summed E-state index contributed by atoms with van der Waals surface area (Å²) in [6.07, 6.45) is 0.206. The Bertz CT molecular complexity index is 431. The molecule has 0 saturated heterocycles. The lowest BCUT2D eigenvalue weighted by atomic mass is 9.83. The molecule has 1 aliphatic heterocycles. The molecule has 1 aromatic rings. The molecule has 2 nitrogen and oxygen atoms in total. The molecule has 1 heterocycles. The Kier molecular flexibility index (Phi) is 2.94.